The first-order valence-corrected chi connectivity index (χ1v) is 8.41. The molecule has 1 N–H and O–H groups in total. The van der Waals surface area contributed by atoms with Crippen LogP contribution in [0.4, 0.5) is 0 Å². The number of carbonyl (C=O) groups is 1. The molecule has 2 aromatic carbocycles. The topological polar surface area (TPSA) is 63.1 Å². The van der Waals surface area contributed by atoms with E-state index >= 15 is 0 Å². The minimum atomic E-state index is -0.106. The molecule has 25 heavy (non-hydrogen) atoms. The molecule has 3 aromatic rings. The molecule has 0 unspecified atom stereocenters. The van der Waals surface area contributed by atoms with Gasteiger partial charge in [0.1, 0.15) is 5.52 Å². The molecule has 0 radical (unpaired) electrons. The molecule has 3 rings (SSSR count). The molecule has 1 aromatic heterocycles. The zero-order chi connectivity index (χ0) is 17.8. The number of aryl methyl sites for hydroxylation is 1. The molecule has 0 aliphatic rings. The van der Waals surface area contributed by atoms with Gasteiger partial charge in [-0.15, -0.1) is 5.10 Å². The molecule has 0 spiro atoms. The summed E-state index contributed by atoms with van der Waals surface area (Å²) in [6, 6.07) is 13.8. The van der Waals surface area contributed by atoms with Crippen LogP contribution in [-0.2, 0) is 19.6 Å². The van der Waals surface area contributed by atoms with E-state index in [1.807, 2.05) is 37.8 Å². The number of hydrogen-bond acceptors (Lipinski definition) is 4. The van der Waals surface area contributed by atoms with Crippen LogP contribution in [-0.4, -0.2) is 39.9 Å². The Morgan fingerprint density at radius 3 is 2.52 bits per heavy atom. The van der Waals surface area contributed by atoms with Crippen LogP contribution in [0.2, 0.25) is 0 Å². The molecular weight excluding hydrogens is 314 g/mol. The number of rotatable bonds is 6. The summed E-state index contributed by atoms with van der Waals surface area (Å²) in [5.41, 5.74) is 4.61. The number of fused-ring (bicyclic) bond motifs is 1. The predicted octanol–water partition coefficient (Wildman–Crippen LogP) is 2.44. The van der Waals surface area contributed by atoms with Crippen LogP contribution in [0.25, 0.3) is 11.0 Å². The van der Waals surface area contributed by atoms with Crippen molar-refractivity contribution in [1.29, 1.82) is 0 Å². The Labute approximate surface area is 147 Å². The van der Waals surface area contributed by atoms with Crippen molar-refractivity contribution >= 4 is 16.9 Å². The number of hydrogen-bond donors (Lipinski definition) is 1. The third-order valence-electron chi connectivity index (χ3n) is 4.05. The summed E-state index contributed by atoms with van der Waals surface area (Å²) in [6.07, 6.45) is 0. The van der Waals surface area contributed by atoms with Gasteiger partial charge in [0.25, 0.3) is 5.91 Å². The van der Waals surface area contributed by atoms with Gasteiger partial charge in [-0.2, -0.15) is 0 Å². The quantitative estimate of drug-likeness (QED) is 0.750. The van der Waals surface area contributed by atoms with Crippen molar-refractivity contribution in [3.8, 4) is 0 Å². The lowest BCUT2D eigenvalue weighted by molar-refractivity contribution is 0.0951. The maximum absolute atomic E-state index is 12.4. The van der Waals surface area contributed by atoms with E-state index in [1.54, 1.807) is 6.07 Å². The van der Waals surface area contributed by atoms with E-state index in [4.69, 9.17) is 0 Å². The zero-order valence-corrected chi connectivity index (χ0v) is 14.9. The van der Waals surface area contributed by atoms with Gasteiger partial charge in [0.15, 0.2) is 0 Å². The number of aromatic nitrogens is 3. The van der Waals surface area contributed by atoms with Gasteiger partial charge < -0.3 is 10.2 Å². The van der Waals surface area contributed by atoms with Crippen molar-refractivity contribution in [2.24, 2.45) is 0 Å². The lowest BCUT2D eigenvalue weighted by Gasteiger charge is -2.10. The molecule has 0 saturated carbocycles. The van der Waals surface area contributed by atoms with Crippen molar-refractivity contribution in [2.45, 2.75) is 26.6 Å². The molecule has 1 amide bonds. The Morgan fingerprint density at radius 2 is 1.84 bits per heavy atom. The highest BCUT2D eigenvalue weighted by atomic mass is 16.1. The van der Waals surface area contributed by atoms with E-state index in [9.17, 15) is 4.79 Å². The molecule has 0 fully saturated rings. The molecule has 6 nitrogen and oxygen atoms in total. The van der Waals surface area contributed by atoms with Crippen LogP contribution in [0.15, 0.2) is 42.5 Å². The van der Waals surface area contributed by atoms with Crippen LogP contribution in [0.5, 0.6) is 0 Å². The number of carbonyl (C=O) groups excluding carboxylic acids is 1. The van der Waals surface area contributed by atoms with Gasteiger partial charge in [0.2, 0.25) is 0 Å². The Balaban J connectivity index is 1.64. The van der Waals surface area contributed by atoms with E-state index in [1.165, 1.54) is 5.56 Å². The molecule has 1 heterocycles. The van der Waals surface area contributed by atoms with Crippen LogP contribution in [0, 0.1) is 0 Å². The van der Waals surface area contributed by atoms with Gasteiger partial charge in [0.05, 0.1) is 5.52 Å². The molecule has 0 atom stereocenters. The maximum Gasteiger partial charge on any atom is 0.251 e. The molecule has 6 heteroatoms. The largest absolute Gasteiger partial charge is 0.348 e. The van der Waals surface area contributed by atoms with Crippen molar-refractivity contribution < 1.29 is 4.79 Å². The second-order valence-corrected chi connectivity index (χ2v) is 6.35. The summed E-state index contributed by atoms with van der Waals surface area (Å²) < 4.78 is 1.81. The summed E-state index contributed by atoms with van der Waals surface area (Å²) in [7, 11) is 4.09. The minimum absolute atomic E-state index is 0.106. The number of nitrogens with one attached hydrogen (secondary N) is 1. The average molecular weight is 337 g/mol. The predicted molar refractivity (Wildman–Crippen MR) is 98.2 cm³/mol. The number of benzene rings is 2. The van der Waals surface area contributed by atoms with Crippen LogP contribution in [0.3, 0.4) is 0 Å². The number of amides is 1. The first-order valence-electron chi connectivity index (χ1n) is 8.41. The summed E-state index contributed by atoms with van der Waals surface area (Å²) >= 11 is 0. The highest BCUT2D eigenvalue weighted by Crippen LogP contribution is 2.14. The lowest BCUT2D eigenvalue weighted by atomic mass is 10.1. The van der Waals surface area contributed by atoms with E-state index in [0.717, 1.165) is 29.7 Å². The molecule has 0 bridgehead atoms. The molecule has 0 aliphatic heterocycles. The Bertz CT molecular complexity index is 867. The number of nitrogens with zero attached hydrogens (tertiary/aromatic N) is 4. The monoisotopic (exact) mass is 337 g/mol. The fourth-order valence-corrected chi connectivity index (χ4v) is 2.76. The van der Waals surface area contributed by atoms with Gasteiger partial charge in [0, 0.05) is 25.2 Å². The van der Waals surface area contributed by atoms with Gasteiger partial charge >= 0.3 is 0 Å². The Kier molecular flexibility index (Phi) is 5.09. The van der Waals surface area contributed by atoms with Gasteiger partial charge in [-0.3, -0.25) is 4.79 Å². The highest BCUT2D eigenvalue weighted by Gasteiger charge is 2.09. The van der Waals surface area contributed by atoms with Crippen LogP contribution >= 0.6 is 0 Å². The normalized spacial score (nSPS) is 11.2. The minimum Gasteiger partial charge on any atom is -0.348 e. The summed E-state index contributed by atoms with van der Waals surface area (Å²) in [5.74, 6) is -0.106. The molecule has 0 saturated heterocycles. The van der Waals surface area contributed by atoms with Gasteiger partial charge in [-0.05, 0) is 50.3 Å². The fraction of sp³-hybridized carbons (Fsp3) is 0.316. The standard InChI is InChI=1S/C19H23N5O/c1-4-24-18-10-9-16(11-17(18)21-22-24)19(25)20-12-14-5-7-15(8-6-14)13-23(2)3/h5-11H,4,12-13H2,1-3H3,(H,20,25). The van der Waals surface area contributed by atoms with E-state index in [2.05, 4.69) is 44.8 Å². The zero-order valence-electron chi connectivity index (χ0n) is 14.9. The first kappa shape index (κ1) is 17.1. The van der Waals surface area contributed by atoms with Gasteiger partial charge in [-0.25, -0.2) is 4.68 Å². The second-order valence-electron chi connectivity index (χ2n) is 6.35. The van der Waals surface area contributed by atoms with E-state index in [-0.39, 0.29) is 5.91 Å². The summed E-state index contributed by atoms with van der Waals surface area (Å²) in [5, 5.41) is 11.1. The van der Waals surface area contributed by atoms with Crippen molar-refractivity contribution in [2.75, 3.05) is 14.1 Å². The van der Waals surface area contributed by atoms with Crippen molar-refractivity contribution in [3.63, 3.8) is 0 Å². The third kappa shape index (κ3) is 4.03. The van der Waals surface area contributed by atoms with Crippen LogP contribution < -0.4 is 5.32 Å². The maximum atomic E-state index is 12.4. The van der Waals surface area contributed by atoms with E-state index in [0.29, 0.717) is 12.1 Å². The van der Waals surface area contributed by atoms with Gasteiger partial charge in [-0.1, -0.05) is 29.5 Å². The average Bonchev–Trinajstić information content (AvgIpc) is 3.02. The smallest absolute Gasteiger partial charge is 0.251 e. The first-order chi connectivity index (χ1) is 12.1. The highest BCUT2D eigenvalue weighted by molar-refractivity contribution is 5.97. The van der Waals surface area contributed by atoms with Crippen molar-refractivity contribution in [1.82, 2.24) is 25.2 Å². The molecule has 130 valence electrons. The Hall–Kier alpha value is -2.73. The Morgan fingerprint density at radius 1 is 1.12 bits per heavy atom. The molecule has 0 aliphatic carbocycles. The molecular formula is C19H23N5O. The lowest BCUT2D eigenvalue weighted by Crippen LogP contribution is -2.22. The summed E-state index contributed by atoms with van der Waals surface area (Å²) in [6.45, 7) is 4.18. The fourth-order valence-electron chi connectivity index (χ4n) is 2.76. The SMILES string of the molecule is CCn1nnc2cc(C(=O)NCc3ccc(CN(C)C)cc3)ccc21. The van der Waals surface area contributed by atoms with Crippen LogP contribution in [0.1, 0.15) is 28.4 Å². The van der Waals surface area contributed by atoms with E-state index < -0.39 is 0 Å². The van der Waals surface area contributed by atoms with Crippen molar-refractivity contribution in [3.05, 3.63) is 59.2 Å². The summed E-state index contributed by atoms with van der Waals surface area (Å²) in [4.78, 5) is 14.5. The third-order valence-corrected chi connectivity index (χ3v) is 4.05. The second kappa shape index (κ2) is 7.44.